The summed E-state index contributed by atoms with van der Waals surface area (Å²) < 4.78 is 5.84. The van der Waals surface area contributed by atoms with Crippen molar-refractivity contribution in [1.82, 2.24) is 10.6 Å². The van der Waals surface area contributed by atoms with E-state index in [1.54, 1.807) is 0 Å². The molecule has 1 heterocycles. The fourth-order valence-electron chi connectivity index (χ4n) is 5.77. The lowest BCUT2D eigenvalue weighted by molar-refractivity contribution is -0.150. The number of carbonyl (C=O) groups excluding carboxylic acids is 3. The molecule has 40 heavy (non-hydrogen) atoms. The van der Waals surface area contributed by atoms with Gasteiger partial charge >= 0.3 is 5.97 Å². The predicted molar refractivity (Wildman–Crippen MR) is 154 cm³/mol. The summed E-state index contributed by atoms with van der Waals surface area (Å²) in [4.78, 5) is 39.9. The Morgan fingerprint density at radius 3 is 2.35 bits per heavy atom. The van der Waals surface area contributed by atoms with Gasteiger partial charge in [0.2, 0.25) is 11.8 Å². The van der Waals surface area contributed by atoms with Crippen molar-refractivity contribution < 1.29 is 24.2 Å². The second-order valence-corrected chi connectivity index (χ2v) is 11.2. The van der Waals surface area contributed by atoms with Gasteiger partial charge in [-0.05, 0) is 56.1 Å². The maximum Gasteiger partial charge on any atom is 0.309 e. The van der Waals surface area contributed by atoms with Crippen LogP contribution in [0.3, 0.4) is 0 Å². The van der Waals surface area contributed by atoms with Crippen LogP contribution in [0.4, 0.5) is 0 Å². The van der Waals surface area contributed by atoms with Crippen LogP contribution in [0.5, 0.6) is 0 Å². The highest BCUT2D eigenvalue weighted by atomic mass is 16.5. The number of aliphatic hydroxyl groups is 1. The molecule has 4 rings (SSSR count). The number of aliphatic hydroxyl groups excluding tert-OH is 1. The van der Waals surface area contributed by atoms with E-state index in [9.17, 15) is 19.5 Å². The summed E-state index contributed by atoms with van der Waals surface area (Å²) in [5.74, 6) is -1.59. The fourth-order valence-corrected chi connectivity index (χ4v) is 5.77. The summed E-state index contributed by atoms with van der Waals surface area (Å²) >= 11 is 0. The van der Waals surface area contributed by atoms with Crippen LogP contribution in [-0.2, 0) is 25.5 Å². The molecule has 214 valence electrons. The monoisotopic (exact) mass is 546 g/mol. The molecular formula is C33H42N2O5. The van der Waals surface area contributed by atoms with Crippen LogP contribution < -0.4 is 10.6 Å². The van der Waals surface area contributed by atoms with E-state index in [1.165, 1.54) is 0 Å². The first-order valence-corrected chi connectivity index (χ1v) is 14.6. The van der Waals surface area contributed by atoms with Gasteiger partial charge in [0.1, 0.15) is 6.61 Å². The zero-order valence-electron chi connectivity index (χ0n) is 23.2. The molecule has 0 saturated heterocycles. The van der Waals surface area contributed by atoms with E-state index in [0.29, 0.717) is 19.3 Å². The molecule has 0 bridgehead atoms. The number of carbonyl (C=O) groups is 3. The Bertz CT molecular complexity index is 1130. The van der Waals surface area contributed by atoms with Gasteiger partial charge in [0, 0.05) is 6.42 Å². The predicted octanol–water partition coefficient (Wildman–Crippen LogP) is 4.80. The first-order chi connectivity index (χ1) is 19.5. The number of nitrogens with one attached hydrogen (secondary N) is 2. The van der Waals surface area contributed by atoms with Gasteiger partial charge < -0.3 is 20.5 Å². The smallest absolute Gasteiger partial charge is 0.309 e. The lowest BCUT2D eigenvalue weighted by Crippen LogP contribution is -2.50. The van der Waals surface area contributed by atoms with Crippen LogP contribution in [0.25, 0.3) is 0 Å². The molecule has 0 radical (unpaired) electrons. The van der Waals surface area contributed by atoms with Crippen molar-refractivity contribution in [2.45, 2.75) is 75.8 Å². The van der Waals surface area contributed by atoms with Gasteiger partial charge in [0.05, 0.1) is 30.0 Å². The van der Waals surface area contributed by atoms with Crippen molar-refractivity contribution in [2.75, 3.05) is 13.2 Å². The molecule has 2 aliphatic rings. The fraction of sp³-hybridized carbons (Fsp3) is 0.485. The Hall–Kier alpha value is -3.45. The summed E-state index contributed by atoms with van der Waals surface area (Å²) in [6, 6.07) is 18.9. The van der Waals surface area contributed by atoms with E-state index < -0.39 is 17.5 Å². The number of benzene rings is 2. The average Bonchev–Trinajstić information content (AvgIpc) is 3.44. The molecule has 2 aromatic rings. The molecule has 2 aromatic carbocycles. The second kappa shape index (κ2) is 14.8. The van der Waals surface area contributed by atoms with Crippen molar-refractivity contribution in [3.8, 4) is 0 Å². The molecule has 7 nitrogen and oxygen atoms in total. The quantitative estimate of drug-likeness (QED) is 0.342. The average molecular weight is 547 g/mol. The molecule has 1 saturated carbocycles. The number of esters is 1. The van der Waals surface area contributed by atoms with E-state index in [-0.39, 0.29) is 43.3 Å². The molecule has 7 heteroatoms. The molecule has 0 spiro atoms. The lowest BCUT2D eigenvalue weighted by Gasteiger charge is -2.29. The Morgan fingerprint density at radius 2 is 1.65 bits per heavy atom. The van der Waals surface area contributed by atoms with Crippen molar-refractivity contribution >= 4 is 17.8 Å². The third-order valence-corrected chi connectivity index (χ3v) is 8.15. The van der Waals surface area contributed by atoms with Crippen LogP contribution in [-0.4, -0.2) is 41.6 Å². The standard InChI is InChI=1S/C33H42N2O5/c36-24-33(19-11-12-20-33)35-30(37)22-27-17-7-1-2-8-18-28(21-25-13-5-3-6-14-25)32(39)40-23-29(34-31(27)38)26-15-9-4-10-16-26/h1,3-7,9-10,13-16,27-29,36H,2,8,11-12,17-24H2,(H,34,38)(H,35,37)/t27-,28-,29+/m1/s1. The summed E-state index contributed by atoms with van der Waals surface area (Å²) in [5.41, 5.74) is 1.34. The zero-order chi connectivity index (χ0) is 28.2. The normalized spacial score (nSPS) is 24.0. The Labute approximate surface area is 237 Å². The minimum atomic E-state index is -0.581. The van der Waals surface area contributed by atoms with Gasteiger partial charge in [0.25, 0.3) is 0 Å². The summed E-state index contributed by atoms with van der Waals surface area (Å²) in [6.45, 7) is -0.0789. The number of amides is 2. The van der Waals surface area contributed by atoms with E-state index >= 15 is 0 Å². The van der Waals surface area contributed by atoms with E-state index in [2.05, 4.69) is 10.6 Å². The van der Waals surface area contributed by atoms with E-state index in [1.807, 2.05) is 72.8 Å². The number of rotatable bonds is 7. The van der Waals surface area contributed by atoms with Crippen molar-refractivity contribution in [2.24, 2.45) is 11.8 Å². The number of hydrogen-bond acceptors (Lipinski definition) is 5. The first kappa shape index (κ1) is 29.5. The largest absolute Gasteiger partial charge is 0.463 e. The minimum absolute atomic E-state index is 0.0161. The Balaban J connectivity index is 1.50. The van der Waals surface area contributed by atoms with Crippen LogP contribution in [0.15, 0.2) is 72.8 Å². The molecule has 1 aliphatic carbocycles. The Morgan fingerprint density at radius 1 is 0.950 bits per heavy atom. The van der Waals surface area contributed by atoms with Crippen LogP contribution in [0, 0.1) is 11.8 Å². The number of hydrogen-bond donors (Lipinski definition) is 3. The van der Waals surface area contributed by atoms with Crippen LogP contribution in [0.2, 0.25) is 0 Å². The van der Waals surface area contributed by atoms with Gasteiger partial charge in [-0.1, -0.05) is 85.7 Å². The van der Waals surface area contributed by atoms with Gasteiger partial charge in [-0.3, -0.25) is 14.4 Å². The maximum absolute atomic E-state index is 13.6. The third kappa shape index (κ3) is 8.52. The van der Waals surface area contributed by atoms with Gasteiger partial charge in [-0.25, -0.2) is 0 Å². The highest BCUT2D eigenvalue weighted by Gasteiger charge is 2.36. The lowest BCUT2D eigenvalue weighted by atomic mass is 9.93. The summed E-state index contributed by atoms with van der Waals surface area (Å²) in [5, 5.41) is 16.0. The zero-order valence-corrected chi connectivity index (χ0v) is 23.2. The molecule has 0 aromatic heterocycles. The summed E-state index contributed by atoms with van der Waals surface area (Å²) in [6.07, 6.45) is 10.8. The van der Waals surface area contributed by atoms with Crippen LogP contribution >= 0.6 is 0 Å². The van der Waals surface area contributed by atoms with Crippen molar-refractivity contribution in [3.63, 3.8) is 0 Å². The summed E-state index contributed by atoms with van der Waals surface area (Å²) in [7, 11) is 0. The highest BCUT2D eigenvalue weighted by molar-refractivity contribution is 5.86. The SMILES string of the molecule is O=C(C[C@H]1CC=CCCC[C@H](Cc2ccccc2)C(=O)OC[C@@H](c2ccccc2)NC1=O)NC1(CO)CCCC1. The highest BCUT2D eigenvalue weighted by Crippen LogP contribution is 2.29. The molecule has 3 atom stereocenters. The Kier molecular flexibility index (Phi) is 10.9. The molecule has 3 N–H and O–H groups in total. The van der Waals surface area contributed by atoms with E-state index in [4.69, 9.17) is 4.74 Å². The van der Waals surface area contributed by atoms with Gasteiger partial charge in [-0.2, -0.15) is 0 Å². The maximum atomic E-state index is 13.6. The first-order valence-electron chi connectivity index (χ1n) is 14.6. The van der Waals surface area contributed by atoms with E-state index in [0.717, 1.165) is 49.7 Å². The number of allylic oxidation sites excluding steroid dienone is 2. The van der Waals surface area contributed by atoms with Crippen LogP contribution in [0.1, 0.15) is 75.0 Å². The second-order valence-electron chi connectivity index (χ2n) is 11.2. The molecule has 0 unspecified atom stereocenters. The van der Waals surface area contributed by atoms with Gasteiger partial charge in [-0.15, -0.1) is 0 Å². The third-order valence-electron chi connectivity index (χ3n) is 8.15. The molecule has 1 aliphatic heterocycles. The van der Waals surface area contributed by atoms with Crippen molar-refractivity contribution in [1.29, 1.82) is 0 Å². The number of cyclic esters (lactones) is 1. The topological polar surface area (TPSA) is 105 Å². The molecule has 1 fully saturated rings. The van der Waals surface area contributed by atoms with Crippen molar-refractivity contribution in [3.05, 3.63) is 83.9 Å². The number of ether oxygens (including phenoxy) is 1. The minimum Gasteiger partial charge on any atom is -0.463 e. The van der Waals surface area contributed by atoms with Gasteiger partial charge in [0.15, 0.2) is 0 Å². The molecule has 2 amide bonds. The molecular weight excluding hydrogens is 504 g/mol.